The molecule has 0 fully saturated rings. The van der Waals surface area contributed by atoms with Crippen molar-refractivity contribution in [2.75, 3.05) is 0 Å². The second kappa shape index (κ2) is 12.2. The minimum atomic E-state index is 0.580. The molecule has 0 aliphatic carbocycles. The summed E-state index contributed by atoms with van der Waals surface area (Å²) in [5.74, 6) is 1.83. The third kappa shape index (κ3) is 4.60. The fraction of sp³-hybridized carbons (Fsp3) is 0. The van der Waals surface area contributed by atoms with Gasteiger partial charge < -0.3 is 8.98 Å². The van der Waals surface area contributed by atoms with Gasteiger partial charge in [-0.15, -0.1) is 22.7 Å². The monoisotopic (exact) mass is 776 g/mol. The Morgan fingerprint density at radius 2 is 1.03 bits per heavy atom. The zero-order valence-electron chi connectivity index (χ0n) is 30.7. The van der Waals surface area contributed by atoms with E-state index in [1.165, 1.54) is 62.5 Å². The van der Waals surface area contributed by atoms with E-state index in [9.17, 15) is 0 Å². The quantitative estimate of drug-likeness (QED) is 0.179. The van der Waals surface area contributed by atoms with Gasteiger partial charge in [-0.25, -0.2) is 15.0 Å². The van der Waals surface area contributed by atoms with Crippen LogP contribution in [0, 0.1) is 0 Å². The number of furan rings is 1. The molecule has 58 heavy (non-hydrogen) atoms. The van der Waals surface area contributed by atoms with Crippen molar-refractivity contribution < 1.29 is 4.42 Å². The molecule has 0 aliphatic rings. The zero-order valence-corrected chi connectivity index (χ0v) is 32.3. The van der Waals surface area contributed by atoms with Crippen molar-refractivity contribution in [1.82, 2.24) is 19.5 Å². The van der Waals surface area contributed by atoms with Crippen LogP contribution in [0.5, 0.6) is 0 Å². The van der Waals surface area contributed by atoms with E-state index < -0.39 is 0 Å². The van der Waals surface area contributed by atoms with Crippen LogP contribution in [-0.4, -0.2) is 19.5 Å². The lowest BCUT2D eigenvalue weighted by Crippen LogP contribution is -2.00. The molecule has 13 rings (SSSR count). The number of thiophene rings is 2. The maximum Gasteiger partial charge on any atom is 0.167 e. The highest BCUT2D eigenvalue weighted by Crippen LogP contribution is 2.47. The molecule has 5 aromatic heterocycles. The Hall–Kier alpha value is -7.19. The van der Waals surface area contributed by atoms with E-state index in [1.807, 2.05) is 65.1 Å². The Labute approximate surface area is 338 Å². The van der Waals surface area contributed by atoms with Crippen molar-refractivity contribution >= 4 is 107 Å². The van der Waals surface area contributed by atoms with Crippen LogP contribution in [-0.2, 0) is 0 Å². The van der Waals surface area contributed by atoms with Crippen LogP contribution < -0.4 is 0 Å². The number of para-hydroxylation sites is 4. The van der Waals surface area contributed by atoms with Crippen molar-refractivity contribution in [2.24, 2.45) is 0 Å². The number of hydrogen-bond acceptors (Lipinski definition) is 6. The molecule has 270 valence electrons. The van der Waals surface area contributed by atoms with Gasteiger partial charge in [0, 0.05) is 69.3 Å². The van der Waals surface area contributed by atoms with Gasteiger partial charge in [0.05, 0.1) is 26.0 Å². The molecule has 0 unspecified atom stereocenters. The second-order valence-corrected chi connectivity index (χ2v) is 16.8. The summed E-state index contributed by atoms with van der Waals surface area (Å²) in [6, 6.07) is 60.0. The van der Waals surface area contributed by atoms with Crippen LogP contribution in [0.25, 0.3) is 124 Å². The molecule has 0 N–H and O–H groups in total. The summed E-state index contributed by atoms with van der Waals surface area (Å²) >= 11 is 3.72. The smallest absolute Gasteiger partial charge is 0.167 e. The highest BCUT2D eigenvalue weighted by Gasteiger charge is 2.22. The summed E-state index contributed by atoms with van der Waals surface area (Å²) in [5.41, 5.74) is 7.96. The van der Waals surface area contributed by atoms with Crippen LogP contribution in [0.2, 0.25) is 0 Å². The molecule has 0 saturated carbocycles. The van der Waals surface area contributed by atoms with E-state index in [4.69, 9.17) is 19.4 Å². The van der Waals surface area contributed by atoms with Crippen molar-refractivity contribution in [2.45, 2.75) is 0 Å². The molecule has 0 amide bonds. The Bertz CT molecular complexity index is 3760. The normalized spacial score (nSPS) is 12.1. The predicted molar refractivity (Wildman–Crippen MR) is 244 cm³/mol. The van der Waals surface area contributed by atoms with Crippen molar-refractivity contribution in [3.05, 3.63) is 170 Å². The van der Waals surface area contributed by atoms with Crippen LogP contribution in [0.15, 0.2) is 174 Å². The molecule has 5 heterocycles. The lowest BCUT2D eigenvalue weighted by molar-refractivity contribution is 0.669. The fourth-order valence-corrected chi connectivity index (χ4v) is 11.4. The minimum absolute atomic E-state index is 0.580. The van der Waals surface area contributed by atoms with Gasteiger partial charge in [-0.05, 0) is 48.5 Å². The molecule has 0 bridgehead atoms. The van der Waals surface area contributed by atoms with Gasteiger partial charge in [-0.1, -0.05) is 121 Å². The van der Waals surface area contributed by atoms with Gasteiger partial charge in [0.15, 0.2) is 17.5 Å². The van der Waals surface area contributed by atoms with Crippen LogP contribution in [0.1, 0.15) is 0 Å². The summed E-state index contributed by atoms with van der Waals surface area (Å²) in [7, 11) is 0. The molecule has 0 aliphatic heterocycles. The lowest BCUT2D eigenvalue weighted by atomic mass is 10.0. The summed E-state index contributed by atoms with van der Waals surface area (Å²) in [5, 5.41) is 9.56. The first-order valence-corrected chi connectivity index (χ1v) is 20.9. The Balaban J connectivity index is 1.02. The first-order chi connectivity index (χ1) is 28.7. The lowest BCUT2D eigenvalue weighted by Gasteiger charge is -2.10. The van der Waals surface area contributed by atoms with E-state index in [2.05, 4.69) is 132 Å². The molecule has 0 atom stereocenters. The van der Waals surface area contributed by atoms with Crippen molar-refractivity contribution in [3.63, 3.8) is 0 Å². The molecular formula is C51H28N4OS2. The van der Waals surface area contributed by atoms with Gasteiger partial charge in [0.25, 0.3) is 0 Å². The topological polar surface area (TPSA) is 56.7 Å². The standard InChI is InChI=1S/C51H28N4OS2/c1-2-12-29(13-3-1)49-52-50(54-51(53-49)38-19-10-17-34-33-16-6-9-22-42(33)56-46(34)38)37-18-11-23-44-45(37)36-26-25-35-39-28-30(24-27-43(39)57-47(35)48(36)58-44)55-40-20-7-4-14-31(40)32-15-5-8-21-41(32)55/h1-28H. The van der Waals surface area contributed by atoms with E-state index in [1.54, 1.807) is 0 Å². The summed E-state index contributed by atoms with van der Waals surface area (Å²) in [6.07, 6.45) is 0. The van der Waals surface area contributed by atoms with E-state index >= 15 is 0 Å². The van der Waals surface area contributed by atoms with Crippen LogP contribution in [0.3, 0.4) is 0 Å². The predicted octanol–water partition coefficient (Wildman–Crippen LogP) is 14.6. The molecular weight excluding hydrogens is 749 g/mol. The highest BCUT2D eigenvalue weighted by molar-refractivity contribution is 7.33. The zero-order chi connectivity index (χ0) is 37.9. The summed E-state index contributed by atoms with van der Waals surface area (Å²) < 4.78 is 13.9. The summed E-state index contributed by atoms with van der Waals surface area (Å²) in [6.45, 7) is 0. The van der Waals surface area contributed by atoms with E-state index in [0.29, 0.717) is 17.5 Å². The number of hydrogen-bond donors (Lipinski definition) is 0. The summed E-state index contributed by atoms with van der Waals surface area (Å²) in [4.78, 5) is 15.5. The molecule has 7 heteroatoms. The minimum Gasteiger partial charge on any atom is -0.455 e. The highest BCUT2D eigenvalue weighted by atomic mass is 32.1. The molecule has 0 radical (unpaired) electrons. The van der Waals surface area contributed by atoms with Crippen LogP contribution in [0.4, 0.5) is 0 Å². The molecule has 13 aromatic rings. The van der Waals surface area contributed by atoms with Gasteiger partial charge in [-0.2, -0.15) is 0 Å². The first kappa shape index (κ1) is 32.0. The molecule has 0 saturated heterocycles. The SMILES string of the molecule is c1ccc(-c2nc(-c3cccc4c3oc3ccccc34)nc(-c3cccc4sc5c(ccc6c7cc(-n8c9ccccc9c9ccccc98)ccc7sc65)c34)n2)cc1. The van der Waals surface area contributed by atoms with Gasteiger partial charge in [-0.3, -0.25) is 0 Å². The largest absolute Gasteiger partial charge is 0.455 e. The second-order valence-electron chi connectivity index (χ2n) is 14.7. The number of aromatic nitrogens is 4. The van der Waals surface area contributed by atoms with Crippen molar-refractivity contribution in [1.29, 1.82) is 0 Å². The number of fused-ring (bicyclic) bond motifs is 13. The third-order valence-electron chi connectivity index (χ3n) is 11.5. The number of rotatable bonds is 4. The van der Waals surface area contributed by atoms with Gasteiger partial charge >= 0.3 is 0 Å². The Morgan fingerprint density at radius 3 is 1.86 bits per heavy atom. The van der Waals surface area contributed by atoms with Gasteiger partial charge in [0.2, 0.25) is 0 Å². The van der Waals surface area contributed by atoms with E-state index in [0.717, 1.165) is 44.0 Å². The Kier molecular flexibility index (Phi) is 6.70. The maximum absolute atomic E-state index is 6.48. The Morgan fingerprint density at radius 1 is 0.414 bits per heavy atom. The molecule has 8 aromatic carbocycles. The van der Waals surface area contributed by atoms with Crippen molar-refractivity contribution in [3.8, 4) is 39.9 Å². The number of nitrogens with zero attached hydrogens (tertiary/aromatic N) is 4. The average molecular weight is 777 g/mol. The van der Waals surface area contributed by atoms with Crippen LogP contribution >= 0.6 is 22.7 Å². The molecule has 0 spiro atoms. The maximum atomic E-state index is 6.48. The molecule has 5 nitrogen and oxygen atoms in total. The average Bonchev–Trinajstić information content (AvgIpc) is 4.05. The number of benzene rings is 8. The van der Waals surface area contributed by atoms with E-state index in [-0.39, 0.29) is 0 Å². The third-order valence-corrected chi connectivity index (χ3v) is 14.0. The first-order valence-electron chi connectivity index (χ1n) is 19.3. The fourth-order valence-electron chi connectivity index (χ4n) is 8.89. The van der Waals surface area contributed by atoms with Gasteiger partial charge in [0.1, 0.15) is 11.2 Å².